The van der Waals surface area contributed by atoms with Crippen LogP contribution in [0.4, 0.5) is 0 Å². The minimum atomic E-state index is -0.764. The zero-order valence-electron chi connectivity index (χ0n) is 12.4. The number of rotatable bonds is 4. The minimum Gasteiger partial charge on any atom is -0.481 e. The van der Waals surface area contributed by atoms with Crippen LogP contribution in [-0.4, -0.2) is 40.9 Å². The molecule has 110 valence electrons. The molecular formula is C15H27NO3. The second-order valence-corrected chi connectivity index (χ2v) is 6.64. The number of hydrogen-bond acceptors (Lipinski definition) is 3. The van der Waals surface area contributed by atoms with Crippen molar-refractivity contribution in [2.24, 2.45) is 11.8 Å². The average molecular weight is 269 g/mol. The molecule has 2 fully saturated rings. The zero-order valence-corrected chi connectivity index (χ0v) is 12.4. The van der Waals surface area contributed by atoms with Crippen molar-refractivity contribution in [3.05, 3.63) is 0 Å². The van der Waals surface area contributed by atoms with Gasteiger partial charge in [-0.1, -0.05) is 19.3 Å². The van der Waals surface area contributed by atoms with Gasteiger partial charge in [0.25, 0.3) is 0 Å². The van der Waals surface area contributed by atoms with Gasteiger partial charge in [-0.3, -0.25) is 9.69 Å². The summed E-state index contributed by atoms with van der Waals surface area (Å²) in [6, 6.07) is 0. The largest absolute Gasteiger partial charge is 0.481 e. The fraction of sp³-hybridized carbons (Fsp3) is 0.933. The van der Waals surface area contributed by atoms with E-state index in [0.717, 1.165) is 19.0 Å². The van der Waals surface area contributed by atoms with Crippen LogP contribution in [0.3, 0.4) is 0 Å². The van der Waals surface area contributed by atoms with Crippen LogP contribution in [-0.2, 0) is 9.53 Å². The third-order valence-corrected chi connectivity index (χ3v) is 4.75. The SMILES string of the molecule is C[C@H](C(=O)O)[C@@H]1CN(CC2CCCCC2)C(C)(C)O1. The molecule has 1 aliphatic heterocycles. The summed E-state index contributed by atoms with van der Waals surface area (Å²) < 4.78 is 5.97. The summed E-state index contributed by atoms with van der Waals surface area (Å²) in [5.41, 5.74) is -0.328. The Hall–Kier alpha value is -0.610. The first kappa shape index (κ1) is 14.8. The van der Waals surface area contributed by atoms with Gasteiger partial charge in [0.2, 0.25) is 0 Å². The molecule has 1 saturated carbocycles. The Labute approximate surface area is 116 Å². The van der Waals surface area contributed by atoms with E-state index in [1.54, 1.807) is 6.92 Å². The average Bonchev–Trinajstić information content (AvgIpc) is 2.65. The van der Waals surface area contributed by atoms with Crippen molar-refractivity contribution >= 4 is 5.97 Å². The lowest BCUT2D eigenvalue weighted by molar-refractivity contribution is -0.149. The normalized spacial score (nSPS) is 30.4. The van der Waals surface area contributed by atoms with Crippen molar-refractivity contribution in [2.75, 3.05) is 13.1 Å². The maximum absolute atomic E-state index is 11.1. The van der Waals surface area contributed by atoms with Gasteiger partial charge in [-0.2, -0.15) is 0 Å². The summed E-state index contributed by atoms with van der Waals surface area (Å²) in [7, 11) is 0. The highest BCUT2D eigenvalue weighted by atomic mass is 16.5. The predicted octanol–water partition coefficient (Wildman–Crippen LogP) is 2.72. The highest BCUT2D eigenvalue weighted by Gasteiger charge is 2.43. The van der Waals surface area contributed by atoms with E-state index in [0.29, 0.717) is 0 Å². The van der Waals surface area contributed by atoms with E-state index in [4.69, 9.17) is 9.84 Å². The first-order valence-electron chi connectivity index (χ1n) is 7.56. The summed E-state index contributed by atoms with van der Waals surface area (Å²) in [4.78, 5) is 13.4. The minimum absolute atomic E-state index is 0.184. The Kier molecular flexibility index (Phi) is 4.51. The Balaban J connectivity index is 1.94. The molecule has 2 atom stereocenters. The summed E-state index contributed by atoms with van der Waals surface area (Å²) in [5, 5.41) is 9.12. The lowest BCUT2D eigenvalue weighted by Gasteiger charge is -2.34. The Morgan fingerprint density at radius 2 is 2.00 bits per heavy atom. The number of aliphatic carboxylic acids is 1. The van der Waals surface area contributed by atoms with Gasteiger partial charge in [-0.25, -0.2) is 0 Å². The molecule has 0 radical (unpaired) electrons. The Morgan fingerprint density at radius 1 is 1.37 bits per heavy atom. The molecule has 0 bridgehead atoms. The quantitative estimate of drug-likeness (QED) is 0.852. The third-order valence-electron chi connectivity index (χ3n) is 4.75. The van der Waals surface area contributed by atoms with Gasteiger partial charge in [0.1, 0.15) is 5.72 Å². The maximum atomic E-state index is 11.1. The van der Waals surface area contributed by atoms with Gasteiger partial charge in [0, 0.05) is 13.1 Å². The lowest BCUT2D eigenvalue weighted by Crippen LogP contribution is -2.42. The van der Waals surface area contributed by atoms with Crippen molar-refractivity contribution < 1.29 is 14.6 Å². The lowest BCUT2D eigenvalue weighted by atomic mass is 9.88. The van der Waals surface area contributed by atoms with Crippen molar-refractivity contribution in [2.45, 2.75) is 64.7 Å². The second-order valence-electron chi connectivity index (χ2n) is 6.64. The molecular weight excluding hydrogens is 242 g/mol. The molecule has 1 N–H and O–H groups in total. The van der Waals surface area contributed by atoms with Crippen LogP contribution < -0.4 is 0 Å². The Morgan fingerprint density at radius 3 is 2.58 bits per heavy atom. The van der Waals surface area contributed by atoms with E-state index in [1.165, 1.54) is 32.1 Å². The number of carbonyl (C=O) groups is 1. The number of hydrogen-bond donors (Lipinski definition) is 1. The number of nitrogens with zero attached hydrogens (tertiary/aromatic N) is 1. The van der Waals surface area contributed by atoms with Crippen LogP contribution in [0.5, 0.6) is 0 Å². The summed E-state index contributed by atoms with van der Waals surface area (Å²) in [6.45, 7) is 7.66. The van der Waals surface area contributed by atoms with E-state index in [9.17, 15) is 4.79 Å². The fourth-order valence-electron chi connectivity index (χ4n) is 3.31. The molecule has 0 unspecified atom stereocenters. The van der Waals surface area contributed by atoms with Gasteiger partial charge in [0.15, 0.2) is 0 Å². The van der Waals surface area contributed by atoms with Gasteiger partial charge in [-0.15, -0.1) is 0 Å². The molecule has 2 aliphatic rings. The van der Waals surface area contributed by atoms with E-state index >= 15 is 0 Å². The van der Waals surface area contributed by atoms with Gasteiger partial charge in [0.05, 0.1) is 12.0 Å². The molecule has 0 spiro atoms. The standard InChI is InChI=1S/C15H27NO3/c1-11(14(17)18)13-10-16(15(2,3)19-13)9-12-7-5-4-6-8-12/h11-13H,4-10H2,1-3H3,(H,17,18)/t11-,13-/m0/s1. The van der Waals surface area contributed by atoms with E-state index < -0.39 is 11.9 Å². The van der Waals surface area contributed by atoms with E-state index in [2.05, 4.69) is 18.7 Å². The summed E-state index contributed by atoms with van der Waals surface area (Å²) in [5.74, 6) is -0.438. The molecule has 19 heavy (non-hydrogen) atoms. The van der Waals surface area contributed by atoms with Gasteiger partial charge in [-0.05, 0) is 39.5 Å². The Bertz CT molecular complexity index is 323. The molecule has 1 heterocycles. The third kappa shape index (κ3) is 3.48. The molecule has 4 nitrogen and oxygen atoms in total. The highest BCUT2D eigenvalue weighted by molar-refractivity contribution is 5.70. The molecule has 2 rings (SSSR count). The van der Waals surface area contributed by atoms with E-state index in [1.807, 2.05) is 0 Å². The van der Waals surface area contributed by atoms with Crippen LogP contribution in [0.2, 0.25) is 0 Å². The molecule has 1 saturated heterocycles. The molecule has 0 aromatic carbocycles. The van der Waals surface area contributed by atoms with Crippen LogP contribution >= 0.6 is 0 Å². The summed E-state index contributed by atoms with van der Waals surface area (Å²) in [6.07, 6.45) is 6.49. The summed E-state index contributed by atoms with van der Waals surface area (Å²) >= 11 is 0. The van der Waals surface area contributed by atoms with Crippen molar-refractivity contribution in [1.29, 1.82) is 0 Å². The molecule has 1 aliphatic carbocycles. The zero-order chi connectivity index (χ0) is 14.0. The first-order valence-corrected chi connectivity index (χ1v) is 7.56. The van der Waals surface area contributed by atoms with Crippen LogP contribution in [0.25, 0.3) is 0 Å². The molecule has 0 aromatic heterocycles. The van der Waals surface area contributed by atoms with Crippen molar-refractivity contribution in [3.63, 3.8) is 0 Å². The van der Waals surface area contributed by atoms with Gasteiger partial charge < -0.3 is 9.84 Å². The maximum Gasteiger partial charge on any atom is 0.308 e. The number of carboxylic acid groups (broad SMARTS) is 1. The van der Waals surface area contributed by atoms with E-state index in [-0.39, 0.29) is 11.8 Å². The fourth-order valence-corrected chi connectivity index (χ4v) is 3.31. The highest BCUT2D eigenvalue weighted by Crippen LogP contribution is 2.33. The second kappa shape index (κ2) is 5.80. The van der Waals surface area contributed by atoms with Crippen LogP contribution in [0.15, 0.2) is 0 Å². The van der Waals surface area contributed by atoms with Crippen LogP contribution in [0, 0.1) is 11.8 Å². The number of ether oxygens (including phenoxy) is 1. The molecule has 0 amide bonds. The van der Waals surface area contributed by atoms with Gasteiger partial charge >= 0.3 is 5.97 Å². The number of carboxylic acids is 1. The van der Waals surface area contributed by atoms with Crippen molar-refractivity contribution in [3.8, 4) is 0 Å². The van der Waals surface area contributed by atoms with Crippen molar-refractivity contribution in [1.82, 2.24) is 4.90 Å². The molecule has 4 heteroatoms. The topological polar surface area (TPSA) is 49.8 Å². The first-order chi connectivity index (χ1) is 8.90. The predicted molar refractivity (Wildman–Crippen MR) is 73.9 cm³/mol. The monoisotopic (exact) mass is 269 g/mol. The molecule has 0 aromatic rings. The van der Waals surface area contributed by atoms with Crippen LogP contribution in [0.1, 0.15) is 52.9 Å². The smallest absolute Gasteiger partial charge is 0.308 e.